The highest BCUT2D eigenvalue weighted by atomic mass is 32.1. The van der Waals surface area contributed by atoms with Crippen molar-refractivity contribution in [2.45, 2.75) is 39.5 Å². The second kappa shape index (κ2) is 5.44. The van der Waals surface area contributed by atoms with Crippen LogP contribution >= 0.6 is 11.5 Å². The smallest absolute Gasteiger partial charge is 0.229 e. The molecule has 1 N–H and O–H groups in total. The number of rotatable bonds is 4. The van der Waals surface area contributed by atoms with Crippen LogP contribution in [0.15, 0.2) is 18.2 Å². The van der Waals surface area contributed by atoms with Crippen molar-refractivity contribution >= 4 is 22.4 Å². The van der Waals surface area contributed by atoms with Gasteiger partial charge in [-0.2, -0.15) is 0 Å². The summed E-state index contributed by atoms with van der Waals surface area (Å²) in [7, 11) is 0. The molecule has 0 aliphatic heterocycles. The van der Waals surface area contributed by atoms with E-state index in [1.807, 2.05) is 0 Å². The van der Waals surface area contributed by atoms with E-state index < -0.39 is 0 Å². The summed E-state index contributed by atoms with van der Waals surface area (Å²) in [6, 6.07) is 6.44. The average Bonchev–Trinajstić information content (AvgIpc) is 2.81. The van der Waals surface area contributed by atoms with Crippen LogP contribution in [-0.4, -0.2) is 14.8 Å². The minimum absolute atomic E-state index is 0.465. The van der Waals surface area contributed by atoms with E-state index >= 15 is 0 Å². The Morgan fingerprint density at radius 1 is 1.06 bits per heavy atom. The van der Waals surface area contributed by atoms with E-state index in [9.17, 15) is 0 Å². The van der Waals surface area contributed by atoms with Crippen LogP contribution in [0.1, 0.15) is 50.7 Å². The SMILES string of the molecule is CC(C)c1cccc(C(C)C)c1Nc1nnns1. The summed E-state index contributed by atoms with van der Waals surface area (Å²) in [5.74, 6) is 0.930. The van der Waals surface area contributed by atoms with Crippen molar-refractivity contribution in [3.63, 3.8) is 0 Å². The number of benzene rings is 1. The van der Waals surface area contributed by atoms with E-state index in [-0.39, 0.29) is 0 Å². The molecule has 4 nitrogen and oxygen atoms in total. The van der Waals surface area contributed by atoms with Crippen molar-refractivity contribution in [2.75, 3.05) is 5.32 Å². The van der Waals surface area contributed by atoms with E-state index in [2.05, 4.69) is 66.0 Å². The monoisotopic (exact) mass is 262 g/mol. The molecule has 0 atom stereocenters. The number of para-hydroxylation sites is 1. The molecule has 18 heavy (non-hydrogen) atoms. The number of aromatic nitrogens is 3. The van der Waals surface area contributed by atoms with Gasteiger partial charge in [0.1, 0.15) is 0 Å². The van der Waals surface area contributed by atoms with Crippen LogP contribution in [0.2, 0.25) is 0 Å². The molecule has 2 rings (SSSR count). The zero-order chi connectivity index (χ0) is 13.1. The highest BCUT2D eigenvalue weighted by Crippen LogP contribution is 2.34. The molecule has 2 aromatic rings. The first-order valence-corrected chi connectivity index (χ1v) is 6.91. The molecule has 0 unspecified atom stereocenters. The fourth-order valence-electron chi connectivity index (χ4n) is 1.98. The van der Waals surface area contributed by atoms with Gasteiger partial charge >= 0.3 is 0 Å². The summed E-state index contributed by atoms with van der Waals surface area (Å²) < 4.78 is 3.79. The van der Waals surface area contributed by atoms with Gasteiger partial charge in [-0.25, -0.2) is 0 Å². The van der Waals surface area contributed by atoms with Gasteiger partial charge in [0.2, 0.25) is 5.13 Å². The molecule has 0 aliphatic carbocycles. The lowest BCUT2D eigenvalue weighted by Gasteiger charge is -2.19. The van der Waals surface area contributed by atoms with Gasteiger partial charge in [0.05, 0.1) is 0 Å². The van der Waals surface area contributed by atoms with Crippen molar-refractivity contribution in [3.8, 4) is 0 Å². The normalized spacial score (nSPS) is 11.2. The van der Waals surface area contributed by atoms with E-state index in [0.717, 1.165) is 10.8 Å². The van der Waals surface area contributed by atoms with E-state index in [4.69, 9.17) is 0 Å². The van der Waals surface area contributed by atoms with E-state index in [1.54, 1.807) is 0 Å². The Morgan fingerprint density at radius 3 is 2.11 bits per heavy atom. The van der Waals surface area contributed by atoms with Gasteiger partial charge in [-0.3, -0.25) is 0 Å². The molecule has 0 amide bonds. The second-order valence-electron chi connectivity index (χ2n) is 4.91. The van der Waals surface area contributed by atoms with Crippen LogP contribution in [-0.2, 0) is 0 Å². The topological polar surface area (TPSA) is 50.7 Å². The van der Waals surface area contributed by atoms with Crippen LogP contribution in [0.5, 0.6) is 0 Å². The molecule has 5 heteroatoms. The third kappa shape index (κ3) is 2.67. The molecular formula is C13H18N4S. The fraction of sp³-hybridized carbons (Fsp3) is 0.462. The third-order valence-corrected chi connectivity index (χ3v) is 3.42. The summed E-state index contributed by atoms with van der Waals surface area (Å²) in [5, 5.41) is 11.7. The lowest BCUT2D eigenvalue weighted by molar-refractivity contribution is 0.837. The summed E-state index contributed by atoms with van der Waals surface area (Å²) in [5.41, 5.74) is 3.76. The third-order valence-electron chi connectivity index (χ3n) is 2.90. The molecule has 96 valence electrons. The van der Waals surface area contributed by atoms with Crippen molar-refractivity contribution in [1.29, 1.82) is 0 Å². The van der Waals surface area contributed by atoms with Crippen LogP contribution in [0.3, 0.4) is 0 Å². The average molecular weight is 262 g/mol. The maximum Gasteiger partial charge on any atom is 0.229 e. The molecule has 0 saturated heterocycles. The molecule has 1 aromatic heterocycles. The van der Waals surface area contributed by atoms with Crippen molar-refractivity contribution in [2.24, 2.45) is 0 Å². The summed E-state index contributed by atoms with van der Waals surface area (Å²) in [6.45, 7) is 8.79. The number of nitrogens with one attached hydrogen (secondary N) is 1. The van der Waals surface area contributed by atoms with Crippen molar-refractivity contribution in [3.05, 3.63) is 29.3 Å². The second-order valence-corrected chi connectivity index (χ2v) is 5.65. The Kier molecular flexibility index (Phi) is 3.91. The minimum atomic E-state index is 0.465. The lowest BCUT2D eigenvalue weighted by atomic mass is 9.93. The molecular weight excluding hydrogens is 244 g/mol. The standard InChI is InChI=1S/C13H18N4S/c1-8(2)10-6-5-7-11(9(3)4)12(10)14-13-15-16-17-18-13/h5-9H,1-4H3,(H,14,15,17). The number of anilines is 2. The molecule has 0 radical (unpaired) electrons. The first-order chi connectivity index (χ1) is 8.59. The van der Waals surface area contributed by atoms with Gasteiger partial charge in [-0.1, -0.05) is 55.5 Å². The first-order valence-electron chi connectivity index (χ1n) is 6.14. The van der Waals surface area contributed by atoms with Gasteiger partial charge in [0.15, 0.2) is 0 Å². The predicted octanol–water partition coefficient (Wildman–Crippen LogP) is 3.92. The summed E-state index contributed by atoms with van der Waals surface area (Å²) in [6.07, 6.45) is 0. The highest BCUT2D eigenvalue weighted by Gasteiger charge is 2.14. The number of hydrogen-bond acceptors (Lipinski definition) is 5. The molecule has 0 aliphatic rings. The number of nitrogens with zero attached hydrogens (tertiary/aromatic N) is 3. The maximum atomic E-state index is 3.96. The fourth-order valence-corrected chi connectivity index (χ4v) is 2.36. The summed E-state index contributed by atoms with van der Waals surface area (Å²) in [4.78, 5) is 0. The highest BCUT2D eigenvalue weighted by molar-refractivity contribution is 7.09. The van der Waals surface area contributed by atoms with Gasteiger partial charge in [-0.15, -0.1) is 0 Å². The van der Waals surface area contributed by atoms with Gasteiger partial charge in [0, 0.05) is 17.2 Å². The Labute approximate surface area is 112 Å². The molecule has 1 aromatic carbocycles. The summed E-state index contributed by atoms with van der Waals surface area (Å²) >= 11 is 1.28. The minimum Gasteiger partial charge on any atom is -0.328 e. The molecule has 0 fully saturated rings. The van der Waals surface area contributed by atoms with Crippen LogP contribution in [0.4, 0.5) is 10.8 Å². The molecule has 0 bridgehead atoms. The Hall–Kier alpha value is -1.49. The number of hydrogen-bond donors (Lipinski definition) is 1. The van der Waals surface area contributed by atoms with Crippen molar-refractivity contribution < 1.29 is 0 Å². The zero-order valence-electron chi connectivity index (χ0n) is 11.1. The van der Waals surface area contributed by atoms with Gasteiger partial charge < -0.3 is 5.32 Å². The van der Waals surface area contributed by atoms with Crippen LogP contribution < -0.4 is 5.32 Å². The molecule has 0 spiro atoms. The largest absolute Gasteiger partial charge is 0.328 e. The zero-order valence-corrected chi connectivity index (χ0v) is 12.0. The molecule has 1 heterocycles. The van der Waals surface area contributed by atoms with Crippen LogP contribution in [0, 0.1) is 0 Å². The Bertz CT molecular complexity index is 479. The first kappa shape index (κ1) is 13.0. The quantitative estimate of drug-likeness (QED) is 0.907. The Morgan fingerprint density at radius 2 is 1.67 bits per heavy atom. The molecule has 0 saturated carbocycles. The van der Waals surface area contributed by atoms with E-state index in [1.165, 1.54) is 22.7 Å². The predicted molar refractivity (Wildman–Crippen MR) is 75.6 cm³/mol. The van der Waals surface area contributed by atoms with Gasteiger partial charge in [-0.05, 0) is 28.2 Å². The van der Waals surface area contributed by atoms with Gasteiger partial charge in [0.25, 0.3) is 0 Å². The Balaban J connectivity index is 2.46. The van der Waals surface area contributed by atoms with Crippen LogP contribution in [0.25, 0.3) is 0 Å². The van der Waals surface area contributed by atoms with Crippen molar-refractivity contribution in [1.82, 2.24) is 14.8 Å². The van der Waals surface area contributed by atoms with E-state index in [0.29, 0.717) is 11.8 Å². The lowest BCUT2D eigenvalue weighted by Crippen LogP contribution is -2.03. The maximum absolute atomic E-state index is 3.96.